The summed E-state index contributed by atoms with van der Waals surface area (Å²) in [5, 5.41) is 5.50. The molecule has 1 aliphatic carbocycles. The topological polar surface area (TPSA) is 95.6 Å². The maximum atomic E-state index is 13.1. The lowest BCUT2D eigenvalue weighted by molar-refractivity contribution is -0.131. The molecule has 1 spiro atoms. The van der Waals surface area contributed by atoms with Gasteiger partial charge in [0.05, 0.1) is 18.0 Å². The Kier molecular flexibility index (Phi) is 4.50. The Bertz CT molecular complexity index is 999. The summed E-state index contributed by atoms with van der Waals surface area (Å²) in [6.45, 7) is 1.47. The number of nitrogens with one attached hydrogen (secondary N) is 2. The molecule has 1 fully saturated rings. The van der Waals surface area contributed by atoms with Crippen LogP contribution in [0.4, 0.5) is 4.79 Å². The van der Waals surface area contributed by atoms with Crippen molar-refractivity contribution in [1.29, 1.82) is 0 Å². The molecule has 1 saturated heterocycles. The number of Topliss-reactive ketones (excluding diaryl/α,β-unsaturated/α-hetero) is 1. The van der Waals surface area contributed by atoms with E-state index in [-0.39, 0.29) is 24.1 Å². The fourth-order valence-corrected chi connectivity index (χ4v) is 4.67. The van der Waals surface area contributed by atoms with Crippen LogP contribution < -0.4 is 10.6 Å². The van der Waals surface area contributed by atoms with Crippen molar-refractivity contribution in [3.8, 4) is 0 Å². The van der Waals surface area contributed by atoms with Crippen LogP contribution in [-0.4, -0.2) is 35.1 Å². The second-order valence-corrected chi connectivity index (χ2v) is 8.15. The zero-order valence-corrected chi connectivity index (χ0v) is 16.1. The van der Waals surface area contributed by atoms with Crippen molar-refractivity contribution in [1.82, 2.24) is 15.5 Å². The summed E-state index contributed by atoms with van der Waals surface area (Å²) in [6, 6.07) is 10.5. The van der Waals surface area contributed by atoms with Gasteiger partial charge in [-0.25, -0.2) is 4.79 Å². The molecule has 2 aromatic rings. The molecule has 2 N–H and O–H groups in total. The maximum absolute atomic E-state index is 13.1. The predicted octanol–water partition coefficient (Wildman–Crippen LogP) is 1.96. The van der Waals surface area contributed by atoms with Crippen LogP contribution in [0.5, 0.6) is 0 Å². The van der Waals surface area contributed by atoms with Gasteiger partial charge in [-0.1, -0.05) is 24.3 Å². The Balaban J connectivity index is 1.50. The molecular formula is C20H19N3O4S. The van der Waals surface area contributed by atoms with Crippen LogP contribution in [0, 0.1) is 0 Å². The summed E-state index contributed by atoms with van der Waals surface area (Å²) in [4.78, 5) is 51.5. The first kappa shape index (κ1) is 18.4. The number of thiophene rings is 1. The van der Waals surface area contributed by atoms with Gasteiger partial charge in [-0.15, -0.1) is 11.3 Å². The first-order valence-corrected chi connectivity index (χ1v) is 9.81. The first-order valence-electron chi connectivity index (χ1n) is 8.99. The minimum absolute atomic E-state index is 0.150. The molecule has 4 amide bonds. The second kappa shape index (κ2) is 6.87. The highest BCUT2D eigenvalue weighted by atomic mass is 32.1. The fraction of sp³-hybridized carbons (Fsp3) is 0.300. The van der Waals surface area contributed by atoms with Crippen molar-refractivity contribution >= 4 is 35.0 Å². The van der Waals surface area contributed by atoms with Gasteiger partial charge in [-0.2, -0.15) is 0 Å². The minimum atomic E-state index is -1.06. The largest absolute Gasteiger partial charge is 0.351 e. The van der Waals surface area contributed by atoms with Crippen LogP contribution >= 0.6 is 11.3 Å². The van der Waals surface area contributed by atoms with Gasteiger partial charge in [0.1, 0.15) is 5.54 Å². The third-order valence-corrected chi connectivity index (χ3v) is 6.30. The molecule has 4 rings (SSSR count). The third kappa shape index (κ3) is 2.99. The normalized spacial score (nSPS) is 20.4. The monoisotopic (exact) mass is 397 g/mol. The smallest absolute Gasteiger partial charge is 0.325 e. The molecule has 144 valence electrons. The molecule has 0 saturated carbocycles. The highest BCUT2D eigenvalue weighted by Gasteiger charge is 2.55. The van der Waals surface area contributed by atoms with Gasteiger partial charge in [0.15, 0.2) is 5.78 Å². The van der Waals surface area contributed by atoms with E-state index >= 15 is 0 Å². The summed E-state index contributed by atoms with van der Waals surface area (Å²) in [7, 11) is 0. The van der Waals surface area contributed by atoms with Gasteiger partial charge in [0.2, 0.25) is 5.91 Å². The summed E-state index contributed by atoms with van der Waals surface area (Å²) < 4.78 is 0. The lowest BCUT2D eigenvalue weighted by Gasteiger charge is -2.22. The van der Waals surface area contributed by atoms with Gasteiger partial charge >= 0.3 is 6.03 Å². The van der Waals surface area contributed by atoms with Crippen molar-refractivity contribution in [2.45, 2.75) is 31.8 Å². The van der Waals surface area contributed by atoms with E-state index in [1.165, 1.54) is 18.3 Å². The van der Waals surface area contributed by atoms with E-state index in [1.54, 1.807) is 12.1 Å². The molecule has 2 heterocycles. The zero-order valence-electron chi connectivity index (χ0n) is 15.3. The van der Waals surface area contributed by atoms with Crippen molar-refractivity contribution in [3.05, 3.63) is 57.3 Å². The summed E-state index contributed by atoms with van der Waals surface area (Å²) in [6.07, 6.45) is 1.21. The molecule has 1 aromatic carbocycles. The van der Waals surface area contributed by atoms with Gasteiger partial charge in [-0.05, 0) is 36.1 Å². The van der Waals surface area contributed by atoms with Gasteiger partial charge in [0, 0.05) is 11.8 Å². The summed E-state index contributed by atoms with van der Waals surface area (Å²) in [5.74, 6) is -0.820. The molecule has 1 atom stereocenters. The number of aryl methyl sites for hydroxylation is 1. The number of carbonyl (C=O) groups is 4. The highest BCUT2D eigenvalue weighted by Crippen LogP contribution is 2.41. The first-order chi connectivity index (χ1) is 13.4. The van der Waals surface area contributed by atoms with Crippen LogP contribution in [0.2, 0.25) is 0 Å². The van der Waals surface area contributed by atoms with Gasteiger partial charge in [0.25, 0.3) is 5.91 Å². The quantitative estimate of drug-likeness (QED) is 0.596. The number of benzene rings is 1. The Hall–Kier alpha value is -3.00. The van der Waals surface area contributed by atoms with E-state index < -0.39 is 11.6 Å². The Morgan fingerprint density at radius 3 is 2.79 bits per heavy atom. The number of fused-ring (bicyclic) bond motifs is 2. The van der Waals surface area contributed by atoms with E-state index in [1.807, 2.05) is 24.3 Å². The summed E-state index contributed by atoms with van der Waals surface area (Å²) >= 11 is 1.25. The number of rotatable bonds is 5. The molecule has 0 radical (unpaired) electrons. The standard InChI is InChI=1S/C20H19N3O4S/c1-12(24)21-10-14-6-7-17(28-14)16(25)11-23-18(26)20(22-19(23)27)9-8-13-4-2-3-5-15(13)20/h2-7H,8-11H2,1H3,(H,21,24)(H,22,27)/t20-/m0/s1. The number of hydrogen-bond acceptors (Lipinski definition) is 5. The van der Waals surface area contributed by atoms with Crippen LogP contribution in [0.3, 0.4) is 0 Å². The van der Waals surface area contributed by atoms with Gasteiger partial charge in [-0.3, -0.25) is 19.3 Å². The third-order valence-electron chi connectivity index (χ3n) is 5.17. The average molecular weight is 397 g/mol. The number of urea groups is 1. The molecule has 8 heteroatoms. The second-order valence-electron chi connectivity index (χ2n) is 6.98. The molecule has 2 aliphatic rings. The molecule has 28 heavy (non-hydrogen) atoms. The number of amides is 4. The van der Waals surface area contributed by atoms with Crippen molar-refractivity contribution in [3.63, 3.8) is 0 Å². The van der Waals surface area contributed by atoms with E-state index in [0.29, 0.717) is 24.3 Å². The minimum Gasteiger partial charge on any atom is -0.351 e. The molecule has 7 nitrogen and oxygen atoms in total. The predicted molar refractivity (Wildman–Crippen MR) is 103 cm³/mol. The summed E-state index contributed by atoms with van der Waals surface area (Å²) in [5.41, 5.74) is 0.808. The molecule has 0 bridgehead atoms. The lowest BCUT2D eigenvalue weighted by Crippen LogP contribution is -2.42. The van der Waals surface area contributed by atoms with Crippen LogP contribution in [-0.2, 0) is 28.1 Å². The van der Waals surface area contributed by atoms with E-state index in [9.17, 15) is 19.2 Å². The van der Waals surface area contributed by atoms with E-state index in [4.69, 9.17) is 0 Å². The van der Waals surface area contributed by atoms with Crippen molar-refractivity contribution in [2.75, 3.05) is 6.54 Å². The number of carbonyl (C=O) groups excluding carboxylic acids is 4. The Morgan fingerprint density at radius 1 is 1.21 bits per heavy atom. The van der Waals surface area contributed by atoms with E-state index in [2.05, 4.69) is 10.6 Å². The van der Waals surface area contributed by atoms with Crippen LogP contribution in [0.1, 0.15) is 39.0 Å². The van der Waals surface area contributed by atoms with Crippen molar-refractivity contribution < 1.29 is 19.2 Å². The SMILES string of the molecule is CC(=O)NCc1ccc(C(=O)CN2C(=O)N[C@]3(CCc4ccccc43)C2=O)s1. The number of nitrogens with zero attached hydrogens (tertiary/aromatic N) is 1. The number of imide groups is 1. The molecular weight excluding hydrogens is 378 g/mol. The fourth-order valence-electron chi connectivity index (χ4n) is 3.79. The Labute approximate surface area is 165 Å². The maximum Gasteiger partial charge on any atom is 0.325 e. The van der Waals surface area contributed by atoms with E-state index in [0.717, 1.165) is 20.9 Å². The Morgan fingerprint density at radius 2 is 2.00 bits per heavy atom. The van der Waals surface area contributed by atoms with Gasteiger partial charge < -0.3 is 10.6 Å². The molecule has 1 aromatic heterocycles. The zero-order chi connectivity index (χ0) is 19.9. The van der Waals surface area contributed by atoms with Crippen molar-refractivity contribution in [2.24, 2.45) is 0 Å². The molecule has 0 unspecified atom stereocenters. The lowest BCUT2D eigenvalue weighted by atomic mass is 9.92. The molecule has 1 aliphatic heterocycles. The number of ketones is 1. The number of hydrogen-bond donors (Lipinski definition) is 2. The van der Waals surface area contributed by atoms with Crippen LogP contribution in [0.15, 0.2) is 36.4 Å². The average Bonchev–Trinajstić information content (AvgIpc) is 3.35. The van der Waals surface area contributed by atoms with Crippen LogP contribution in [0.25, 0.3) is 0 Å². The highest BCUT2D eigenvalue weighted by molar-refractivity contribution is 7.14.